The fourth-order valence-electron chi connectivity index (χ4n) is 2.54. The van der Waals surface area contributed by atoms with Gasteiger partial charge in [0.25, 0.3) is 0 Å². The van der Waals surface area contributed by atoms with Crippen LogP contribution in [0, 0.1) is 5.92 Å². The summed E-state index contributed by atoms with van der Waals surface area (Å²) in [5.41, 5.74) is 1.39. The van der Waals surface area contributed by atoms with Crippen LogP contribution in [-0.2, 0) is 0 Å². The average Bonchev–Trinajstić information content (AvgIpc) is 2.40. The van der Waals surface area contributed by atoms with Crippen molar-refractivity contribution in [3.63, 3.8) is 0 Å². The molecule has 1 fully saturated rings. The van der Waals surface area contributed by atoms with E-state index in [0.717, 1.165) is 5.92 Å². The molecular weight excluding hydrogens is 271 g/mol. The van der Waals surface area contributed by atoms with Gasteiger partial charge in [-0.05, 0) is 0 Å². The molecule has 0 unspecified atom stereocenters. The second kappa shape index (κ2) is 7.03. The number of hydrogen-bond acceptors (Lipinski definition) is 0. The third kappa shape index (κ3) is 4.01. The summed E-state index contributed by atoms with van der Waals surface area (Å²) in [5, 5.41) is 1.34. The Balaban J connectivity index is 2.12. The van der Waals surface area contributed by atoms with Gasteiger partial charge in [0.05, 0.1) is 0 Å². The Morgan fingerprint density at radius 3 is 2.53 bits per heavy atom. The number of hydrogen-bond donors (Lipinski definition) is 0. The number of rotatable bonds is 4. The van der Waals surface area contributed by atoms with Gasteiger partial charge in [-0.25, -0.2) is 0 Å². The van der Waals surface area contributed by atoms with Gasteiger partial charge in [-0.15, -0.1) is 0 Å². The predicted molar refractivity (Wildman–Crippen MR) is 77.2 cm³/mol. The molecule has 0 radical (unpaired) electrons. The third-order valence-electron chi connectivity index (χ3n) is 3.43. The summed E-state index contributed by atoms with van der Waals surface area (Å²) in [5.74, 6) is 0.893. The Bertz CT molecular complexity index is 347. The van der Waals surface area contributed by atoms with Gasteiger partial charge in [-0.3, -0.25) is 0 Å². The SMILES string of the molecule is CC[Se]/C(=C/c1ccccc1)C1CCCCC1. The van der Waals surface area contributed by atoms with Gasteiger partial charge in [0.15, 0.2) is 0 Å². The zero-order valence-corrected chi connectivity index (χ0v) is 12.4. The van der Waals surface area contributed by atoms with E-state index < -0.39 is 0 Å². The fourth-order valence-corrected chi connectivity index (χ4v) is 4.69. The zero-order chi connectivity index (χ0) is 11.9. The van der Waals surface area contributed by atoms with Crippen LogP contribution in [0.25, 0.3) is 6.08 Å². The normalized spacial score (nSPS) is 18.3. The van der Waals surface area contributed by atoms with Crippen molar-refractivity contribution >= 4 is 21.0 Å². The summed E-state index contributed by atoms with van der Waals surface area (Å²) in [4.78, 5) is 0. The van der Waals surface area contributed by atoms with Crippen LogP contribution < -0.4 is 0 Å². The molecule has 1 saturated carbocycles. The molecule has 1 aliphatic carbocycles. The number of allylic oxidation sites excluding steroid dienone is 1. The molecule has 1 aromatic carbocycles. The second-order valence-corrected chi connectivity index (χ2v) is 7.53. The standard InChI is InChI=1S/C16H22Se/c1-2-17-16(15-11-7-4-8-12-15)13-14-9-5-3-6-10-14/h3,5-6,9-10,13,15H,2,4,7-8,11-12H2,1H3/b16-13+. The molecule has 1 aromatic rings. The Morgan fingerprint density at radius 1 is 1.18 bits per heavy atom. The molecule has 0 atom stereocenters. The Kier molecular flexibility index (Phi) is 5.35. The van der Waals surface area contributed by atoms with Gasteiger partial charge < -0.3 is 0 Å². The zero-order valence-electron chi connectivity index (χ0n) is 10.7. The van der Waals surface area contributed by atoms with E-state index in [9.17, 15) is 0 Å². The summed E-state index contributed by atoms with van der Waals surface area (Å²) < 4.78 is 1.76. The van der Waals surface area contributed by atoms with E-state index >= 15 is 0 Å². The average molecular weight is 293 g/mol. The summed E-state index contributed by atoms with van der Waals surface area (Å²) in [7, 11) is 0. The van der Waals surface area contributed by atoms with E-state index in [2.05, 4.69) is 43.3 Å². The molecule has 17 heavy (non-hydrogen) atoms. The van der Waals surface area contributed by atoms with Crippen molar-refractivity contribution in [2.24, 2.45) is 5.92 Å². The topological polar surface area (TPSA) is 0 Å². The molecule has 1 aliphatic rings. The number of benzene rings is 1. The molecule has 0 bridgehead atoms. The van der Waals surface area contributed by atoms with Crippen molar-refractivity contribution in [2.75, 3.05) is 0 Å². The van der Waals surface area contributed by atoms with Crippen molar-refractivity contribution in [2.45, 2.75) is 44.3 Å². The van der Waals surface area contributed by atoms with E-state index in [1.54, 1.807) is 4.47 Å². The predicted octanol–water partition coefficient (Wildman–Crippen LogP) is 4.75. The molecule has 0 saturated heterocycles. The molecule has 0 nitrogen and oxygen atoms in total. The fraction of sp³-hybridized carbons (Fsp3) is 0.500. The van der Waals surface area contributed by atoms with Crippen molar-refractivity contribution in [3.05, 3.63) is 40.4 Å². The van der Waals surface area contributed by atoms with Crippen LogP contribution in [-0.4, -0.2) is 15.0 Å². The minimum absolute atomic E-state index is 0.706. The first-order valence-corrected chi connectivity index (χ1v) is 8.86. The molecule has 2 rings (SSSR count). The summed E-state index contributed by atoms with van der Waals surface area (Å²) in [6.07, 6.45) is 9.67. The quantitative estimate of drug-likeness (QED) is 0.703. The van der Waals surface area contributed by atoms with Gasteiger partial charge >= 0.3 is 112 Å². The Hall–Kier alpha value is -0.521. The molecule has 0 aliphatic heterocycles. The molecule has 92 valence electrons. The van der Waals surface area contributed by atoms with Crippen LogP contribution in [0.4, 0.5) is 0 Å². The molecule has 0 amide bonds. The molecule has 0 aromatic heterocycles. The first-order valence-electron chi connectivity index (χ1n) is 6.79. The van der Waals surface area contributed by atoms with Crippen LogP contribution in [0.2, 0.25) is 5.32 Å². The van der Waals surface area contributed by atoms with E-state index in [-0.39, 0.29) is 0 Å². The van der Waals surface area contributed by atoms with Gasteiger partial charge in [-0.2, -0.15) is 0 Å². The van der Waals surface area contributed by atoms with Crippen LogP contribution in [0.1, 0.15) is 44.6 Å². The minimum atomic E-state index is 0.706. The van der Waals surface area contributed by atoms with E-state index in [1.165, 1.54) is 43.0 Å². The van der Waals surface area contributed by atoms with Crippen LogP contribution >= 0.6 is 0 Å². The van der Waals surface area contributed by atoms with Gasteiger partial charge in [-0.1, -0.05) is 0 Å². The van der Waals surface area contributed by atoms with Gasteiger partial charge in [0.1, 0.15) is 0 Å². The molecule has 0 N–H and O–H groups in total. The summed E-state index contributed by atoms with van der Waals surface area (Å²) in [6.45, 7) is 2.32. The van der Waals surface area contributed by atoms with Crippen LogP contribution in [0.5, 0.6) is 0 Å². The second-order valence-electron chi connectivity index (χ2n) is 4.73. The van der Waals surface area contributed by atoms with E-state index in [0.29, 0.717) is 15.0 Å². The van der Waals surface area contributed by atoms with Crippen molar-refractivity contribution in [3.8, 4) is 0 Å². The molecule has 0 heterocycles. The summed E-state index contributed by atoms with van der Waals surface area (Å²) in [6, 6.07) is 10.8. The summed E-state index contributed by atoms with van der Waals surface area (Å²) >= 11 is 0.706. The van der Waals surface area contributed by atoms with Crippen LogP contribution in [0.15, 0.2) is 34.8 Å². The van der Waals surface area contributed by atoms with E-state index in [4.69, 9.17) is 0 Å². The first-order chi connectivity index (χ1) is 8.40. The van der Waals surface area contributed by atoms with Crippen molar-refractivity contribution < 1.29 is 0 Å². The van der Waals surface area contributed by atoms with Crippen molar-refractivity contribution in [1.82, 2.24) is 0 Å². The Labute approximate surface area is 112 Å². The Morgan fingerprint density at radius 2 is 1.88 bits per heavy atom. The third-order valence-corrected chi connectivity index (χ3v) is 5.68. The molecular formula is C16H22Se. The maximum absolute atomic E-state index is 2.47. The first kappa shape index (κ1) is 12.9. The van der Waals surface area contributed by atoms with Gasteiger partial charge in [0.2, 0.25) is 0 Å². The van der Waals surface area contributed by atoms with E-state index in [1.807, 2.05) is 0 Å². The van der Waals surface area contributed by atoms with Gasteiger partial charge in [0, 0.05) is 0 Å². The monoisotopic (exact) mass is 294 g/mol. The maximum atomic E-state index is 2.47. The molecule has 0 spiro atoms. The molecule has 1 heteroatoms. The van der Waals surface area contributed by atoms with Crippen molar-refractivity contribution in [1.29, 1.82) is 0 Å². The van der Waals surface area contributed by atoms with Crippen LogP contribution in [0.3, 0.4) is 0 Å².